The summed E-state index contributed by atoms with van der Waals surface area (Å²) in [6.45, 7) is 2.44. The van der Waals surface area contributed by atoms with E-state index in [2.05, 4.69) is 27.9 Å². The zero-order chi connectivity index (χ0) is 15.9. The maximum atomic E-state index is 11.8. The standard InChI is InChI=1S/C17H17ClINO2/c1-12-11-15(8-9-16(12)18)22-10-2-3-17(21)20-14-6-4-13(19)5-7-14/h4-9,11H,2-3,10H2,1H3,(H,20,21). The van der Waals surface area contributed by atoms with Gasteiger partial charge >= 0.3 is 0 Å². The van der Waals surface area contributed by atoms with Crippen molar-refractivity contribution in [1.29, 1.82) is 0 Å². The summed E-state index contributed by atoms with van der Waals surface area (Å²) >= 11 is 8.19. The van der Waals surface area contributed by atoms with Gasteiger partial charge in [-0.15, -0.1) is 0 Å². The maximum absolute atomic E-state index is 11.8. The first kappa shape index (κ1) is 17.1. The van der Waals surface area contributed by atoms with Gasteiger partial charge in [0.15, 0.2) is 0 Å². The van der Waals surface area contributed by atoms with E-state index in [-0.39, 0.29) is 5.91 Å². The van der Waals surface area contributed by atoms with Crippen LogP contribution < -0.4 is 10.1 Å². The van der Waals surface area contributed by atoms with Crippen molar-refractivity contribution in [2.24, 2.45) is 0 Å². The lowest BCUT2D eigenvalue weighted by molar-refractivity contribution is -0.116. The fourth-order valence-corrected chi connectivity index (χ4v) is 2.36. The minimum atomic E-state index is -0.00269. The van der Waals surface area contributed by atoms with Gasteiger partial charge in [-0.3, -0.25) is 4.79 Å². The lowest BCUT2D eigenvalue weighted by atomic mass is 10.2. The first-order valence-electron chi connectivity index (χ1n) is 6.99. The maximum Gasteiger partial charge on any atom is 0.224 e. The van der Waals surface area contributed by atoms with Crippen molar-refractivity contribution in [2.45, 2.75) is 19.8 Å². The summed E-state index contributed by atoms with van der Waals surface area (Å²) in [5, 5.41) is 3.60. The normalized spacial score (nSPS) is 10.3. The molecule has 0 aliphatic carbocycles. The molecule has 2 aromatic carbocycles. The molecule has 0 unspecified atom stereocenters. The summed E-state index contributed by atoms with van der Waals surface area (Å²) in [6.07, 6.45) is 1.09. The molecular weight excluding hydrogens is 413 g/mol. The highest BCUT2D eigenvalue weighted by Gasteiger charge is 2.03. The van der Waals surface area contributed by atoms with E-state index in [1.165, 1.54) is 0 Å². The third-order valence-electron chi connectivity index (χ3n) is 3.07. The molecular formula is C17H17ClINO2. The van der Waals surface area contributed by atoms with Gasteiger partial charge in [0.05, 0.1) is 6.61 Å². The smallest absolute Gasteiger partial charge is 0.224 e. The second-order valence-corrected chi connectivity index (χ2v) is 6.57. The number of halogens is 2. The Bertz CT molecular complexity index is 644. The van der Waals surface area contributed by atoms with Crippen molar-refractivity contribution >= 4 is 45.8 Å². The molecule has 116 valence electrons. The SMILES string of the molecule is Cc1cc(OCCCC(=O)Nc2ccc(I)cc2)ccc1Cl. The summed E-state index contributed by atoms with van der Waals surface area (Å²) in [4.78, 5) is 11.8. The Morgan fingerprint density at radius 3 is 2.64 bits per heavy atom. The molecule has 0 aromatic heterocycles. The number of carbonyl (C=O) groups is 1. The Balaban J connectivity index is 1.70. The monoisotopic (exact) mass is 429 g/mol. The molecule has 0 radical (unpaired) electrons. The van der Waals surface area contributed by atoms with Gasteiger partial charge in [-0.1, -0.05) is 11.6 Å². The highest BCUT2D eigenvalue weighted by Crippen LogP contribution is 2.21. The molecule has 0 aliphatic heterocycles. The summed E-state index contributed by atoms with van der Waals surface area (Å²) in [5.74, 6) is 0.775. The summed E-state index contributed by atoms with van der Waals surface area (Å²) in [6, 6.07) is 13.3. The van der Waals surface area contributed by atoms with Crippen LogP contribution in [0.15, 0.2) is 42.5 Å². The zero-order valence-corrected chi connectivity index (χ0v) is 15.1. The van der Waals surface area contributed by atoms with E-state index in [4.69, 9.17) is 16.3 Å². The van der Waals surface area contributed by atoms with Crippen LogP contribution in [-0.4, -0.2) is 12.5 Å². The third-order valence-corrected chi connectivity index (χ3v) is 4.22. The number of carbonyl (C=O) groups excluding carboxylic acids is 1. The number of amides is 1. The molecule has 0 bridgehead atoms. The number of ether oxygens (including phenoxy) is 1. The van der Waals surface area contributed by atoms with Crippen LogP contribution >= 0.6 is 34.2 Å². The van der Waals surface area contributed by atoms with Gasteiger partial charge in [-0.2, -0.15) is 0 Å². The number of nitrogens with one attached hydrogen (secondary N) is 1. The molecule has 2 aromatic rings. The zero-order valence-electron chi connectivity index (χ0n) is 12.2. The van der Waals surface area contributed by atoms with Crippen molar-refractivity contribution in [2.75, 3.05) is 11.9 Å². The number of anilines is 1. The number of rotatable bonds is 6. The third kappa shape index (κ3) is 5.50. The van der Waals surface area contributed by atoms with Gasteiger partial charge in [0.25, 0.3) is 0 Å². The second kappa shape index (κ2) is 8.39. The predicted octanol–water partition coefficient (Wildman–Crippen LogP) is 5.05. The highest BCUT2D eigenvalue weighted by atomic mass is 127. The molecule has 0 aliphatic rings. The molecule has 1 amide bonds. The van der Waals surface area contributed by atoms with Crippen LogP contribution in [0.2, 0.25) is 5.02 Å². The summed E-state index contributed by atoms with van der Waals surface area (Å²) < 4.78 is 6.76. The van der Waals surface area contributed by atoms with Gasteiger partial charge in [0, 0.05) is 20.7 Å². The molecule has 0 heterocycles. The van der Waals surface area contributed by atoms with Crippen LogP contribution in [0.25, 0.3) is 0 Å². The van der Waals surface area contributed by atoms with E-state index in [1.54, 1.807) is 0 Å². The number of benzene rings is 2. The van der Waals surface area contributed by atoms with Crippen LogP contribution in [0.4, 0.5) is 5.69 Å². The Labute approximate surface area is 149 Å². The van der Waals surface area contributed by atoms with Crippen LogP contribution in [0, 0.1) is 10.5 Å². The lowest BCUT2D eigenvalue weighted by Crippen LogP contribution is -2.12. The fourth-order valence-electron chi connectivity index (χ4n) is 1.89. The van der Waals surface area contributed by atoms with E-state index in [1.807, 2.05) is 49.4 Å². The van der Waals surface area contributed by atoms with Gasteiger partial charge < -0.3 is 10.1 Å². The molecule has 0 fully saturated rings. The molecule has 22 heavy (non-hydrogen) atoms. The van der Waals surface area contributed by atoms with Crippen molar-refractivity contribution in [3.63, 3.8) is 0 Å². The largest absolute Gasteiger partial charge is 0.494 e. The molecule has 1 N–H and O–H groups in total. The minimum absolute atomic E-state index is 0.00269. The van der Waals surface area contributed by atoms with Crippen molar-refractivity contribution in [3.8, 4) is 5.75 Å². The molecule has 2 rings (SSSR count). The quantitative estimate of drug-likeness (QED) is 0.515. The highest BCUT2D eigenvalue weighted by molar-refractivity contribution is 14.1. The lowest BCUT2D eigenvalue weighted by Gasteiger charge is -2.08. The molecule has 5 heteroatoms. The number of hydrogen-bond acceptors (Lipinski definition) is 2. The van der Waals surface area contributed by atoms with Gasteiger partial charge in [-0.25, -0.2) is 0 Å². The number of aryl methyl sites for hydroxylation is 1. The molecule has 0 saturated carbocycles. The average Bonchev–Trinajstić information content (AvgIpc) is 2.49. The Hall–Kier alpha value is -1.27. The molecule has 0 atom stereocenters. The second-order valence-electron chi connectivity index (χ2n) is 4.92. The average molecular weight is 430 g/mol. The fraction of sp³-hybridized carbons (Fsp3) is 0.235. The molecule has 0 saturated heterocycles. The van der Waals surface area contributed by atoms with Gasteiger partial charge in [0.2, 0.25) is 5.91 Å². The Kier molecular flexibility index (Phi) is 6.51. The van der Waals surface area contributed by atoms with Gasteiger partial charge in [-0.05, 0) is 84.0 Å². The van der Waals surface area contributed by atoms with Crippen molar-refractivity contribution in [1.82, 2.24) is 0 Å². The molecule has 3 nitrogen and oxygen atoms in total. The predicted molar refractivity (Wildman–Crippen MR) is 98.7 cm³/mol. The first-order chi connectivity index (χ1) is 10.5. The van der Waals surface area contributed by atoms with Crippen LogP contribution in [0.3, 0.4) is 0 Å². The van der Waals surface area contributed by atoms with Crippen molar-refractivity contribution < 1.29 is 9.53 Å². The first-order valence-corrected chi connectivity index (χ1v) is 8.44. The van der Waals surface area contributed by atoms with E-state index in [9.17, 15) is 4.79 Å². The number of hydrogen-bond donors (Lipinski definition) is 1. The van der Waals surface area contributed by atoms with Gasteiger partial charge in [0.1, 0.15) is 5.75 Å². The van der Waals surface area contributed by atoms with Crippen molar-refractivity contribution in [3.05, 3.63) is 56.6 Å². The van der Waals surface area contributed by atoms with E-state index >= 15 is 0 Å². The molecule has 0 spiro atoms. The summed E-state index contributed by atoms with van der Waals surface area (Å²) in [7, 11) is 0. The Morgan fingerprint density at radius 1 is 1.23 bits per heavy atom. The van der Waals surface area contributed by atoms with Crippen LogP contribution in [-0.2, 0) is 4.79 Å². The van der Waals surface area contributed by atoms with Crippen LogP contribution in [0.1, 0.15) is 18.4 Å². The topological polar surface area (TPSA) is 38.3 Å². The van der Waals surface area contributed by atoms with E-state index < -0.39 is 0 Å². The summed E-state index contributed by atoms with van der Waals surface area (Å²) in [5.41, 5.74) is 1.80. The van der Waals surface area contributed by atoms with E-state index in [0.717, 1.165) is 25.6 Å². The Morgan fingerprint density at radius 2 is 1.95 bits per heavy atom. The van der Waals surface area contributed by atoms with Crippen LogP contribution in [0.5, 0.6) is 5.75 Å². The van der Waals surface area contributed by atoms with E-state index in [0.29, 0.717) is 19.4 Å². The minimum Gasteiger partial charge on any atom is -0.494 e.